The first-order chi connectivity index (χ1) is 7.43. The van der Waals surface area contributed by atoms with Gasteiger partial charge < -0.3 is 10.6 Å². The summed E-state index contributed by atoms with van der Waals surface area (Å²) in [6.45, 7) is 4.90. The zero-order chi connectivity index (χ0) is 10.8. The molecule has 0 aromatic rings. The van der Waals surface area contributed by atoms with Crippen molar-refractivity contribution in [2.24, 2.45) is 5.73 Å². The maximum absolute atomic E-state index is 5.47. The van der Waals surface area contributed by atoms with Crippen molar-refractivity contribution in [1.29, 1.82) is 0 Å². The van der Waals surface area contributed by atoms with Crippen LogP contribution >= 0.6 is 0 Å². The second-order valence-electron chi connectivity index (χ2n) is 4.81. The molecule has 0 aliphatic carbocycles. The van der Waals surface area contributed by atoms with Gasteiger partial charge in [0.1, 0.15) is 0 Å². The van der Waals surface area contributed by atoms with Crippen molar-refractivity contribution in [2.75, 3.05) is 26.2 Å². The summed E-state index contributed by atoms with van der Waals surface area (Å²) in [6.07, 6.45) is 12.5. The minimum absolute atomic E-state index is 0.867. The van der Waals surface area contributed by atoms with Crippen LogP contribution in [0.4, 0.5) is 0 Å². The molecule has 1 saturated heterocycles. The second-order valence-corrected chi connectivity index (χ2v) is 4.81. The third-order valence-corrected chi connectivity index (χ3v) is 3.38. The SMILES string of the molecule is NCCCCCCCN1CCCCCC1. The standard InChI is InChI=1S/C13H28N2/c14-10-6-2-1-3-7-11-15-12-8-4-5-9-13-15/h1-14H2. The molecule has 0 amide bonds. The summed E-state index contributed by atoms with van der Waals surface area (Å²) in [7, 11) is 0. The predicted octanol–water partition coefficient (Wildman–Crippen LogP) is 2.77. The lowest BCUT2D eigenvalue weighted by Gasteiger charge is -2.19. The van der Waals surface area contributed by atoms with Gasteiger partial charge in [0.2, 0.25) is 0 Å². The zero-order valence-corrected chi connectivity index (χ0v) is 10.2. The topological polar surface area (TPSA) is 29.3 Å². The Labute approximate surface area is 95.2 Å². The molecular weight excluding hydrogens is 184 g/mol. The Hall–Kier alpha value is -0.0800. The molecule has 0 bridgehead atoms. The smallest absolute Gasteiger partial charge is 0.00187 e. The van der Waals surface area contributed by atoms with Gasteiger partial charge in [-0.25, -0.2) is 0 Å². The molecule has 2 N–H and O–H groups in total. The monoisotopic (exact) mass is 212 g/mol. The Balaban J connectivity index is 1.89. The number of nitrogens with two attached hydrogens (primary N) is 1. The van der Waals surface area contributed by atoms with Crippen LogP contribution in [0.2, 0.25) is 0 Å². The quantitative estimate of drug-likeness (QED) is 0.658. The van der Waals surface area contributed by atoms with Gasteiger partial charge >= 0.3 is 0 Å². The highest BCUT2D eigenvalue weighted by molar-refractivity contribution is 4.63. The maximum atomic E-state index is 5.47. The number of unbranched alkanes of at least 4 members (excludes halogenated alkanes) is 4. The van der Waals surface area contributed by atoms with Crippen LogP contribution in [0.1, 0.15) is 57.8 Å². The van der Waals surface area contributed by atoms with Gasteiger partial charge in [-0.05, 0) is 51.9 Å². The summed E-state index contributed by atoms with van der Waals surface area (Å²) in [5, 5.41) is 0. The summed E-state index contributed by atoms with van der Waals surface area (Å²) in [5.41, 5.74) is 5.47. The minimum atomic E-state index is 0.867. The fraction of sp³-hybridized carbons (Fsp3) is 1.00. The van der Waals surface area contributed by atoms with Crippen LogP contribution in [0, 0.1) is 0 Å². The van der Waals surface area contributed by atoms with Crippen molar-refractivity contribution < 1.29 is 0 Å². The van der Waals surface area contributed by atoms with Crippen molar-refractivity contribution in [3.63, 3.8) is 0 Å². The molecule has 1 heterocycles. The first kappa shape index (κ1) is 13.0. The van der Waals surface area contributed by atoms with E-state index in [-0.39, 0.29) is 0 Å². The fourth-order valence-electron chi connectivity index (χ4n) is 2.37. The summed E-state index contributed by atoms with van der Waals surface area (Å²) in [5.74, 6) is 0. The van der Waals surface area contributed by atoms with E-state index in [4.69, 9.17) is 5.73 Å². The Morgan fingerprint density at radius 1 is 0.733 bits per heavy atom. The molecule has 1 aliphatic heterocycles. The van der Waals surface area contributed by atoms with Gasteiger partial charge in [-0.2, -0.15) is 0 Å². The van der Waals surface area contributed by atoms with Crippen LogP contribution in [-0.2, 0) is 0 Å². The van der Waals surface area contributed by atoms with E-state index in [0.717, 1.165) is 6.54 Å². The van der Waals surface area contributed by atoms with Crippen LogP contribution < -0.4 is 5.73 Å². The van der Waals surface area contributed by atoms with Crippen LogP contribution in [0.25, 0.3) is 0 Å². The van der Waals surface area contributed by atoms with Gasteiger partial charge in [0.05, 0.1) is 0 Å². The highest BCUT2D eigenvalue weighted by atomic mass is 15.1. The lowest BCUT2D eigenvalue weighted by molar-refractivity contribution is 0.277. The zero-order valence-electron chi connectivity index (χ0n) is 10.2. The lowest BCUT2D eigenvalue weighted by Crippen LogP contribution is -2.25. The molecule has 2 nitrogen and oxygen atoms in total. The van der Waals surface area contributed by atoms with Crippen molar-refractivity contribution in [3.05, 3.63) is 0 Å². The average molecular weight is 212 g/mol. The van der Waals surface area contributed by atoms with Gasteiger partial charge in [0.25, 0.3) is 0 Å². The highest BCUT2D eigenvalue weighted by Gasteiger charge is 2.07. The minimum Gasteiger partial charge on any atom is -0.330 e. The average Bonchev–Trinajstić information content (AvgIpc) is 2.52. The van der Waals surface area contributed by atoms with Crippen LogP contribution in [0.5, 0.6) is 0 Å². The molecule has 0 spiro atoms. The first-order valence-corrected chi connectivity index (χ1v) is 6.86. The number of likely N-dealkylation sites (tertiary alicyclic amines) is 1. The normalized spacial score (nSPS) is 19.0. The van der Waals surface area contributed by atoms with Gasteiger partial charge in [-0.15, -0.1) is 0 Å². The van der Waals surface area contributed by atoms with E-state index in [9.17, 15) is 0 Å². The third-order valence-electron chi connectivity index (χ3n) is 3.38. The molecule has 0 unspecified atom stereocenters. The predicted molar refractivity (Wildman–Crippen MR) is 67.0 cm³/mol. The van der Waals surface area contributed by atoms with E-state index < -0.39 is 0 Å². The molecular formula is C13H28N2. The molecule has 1 fully saturated rings. The fourth-order valence-corrected chi connectivity index (χ4v) is 2.37. The number of hydrogen-bond acceptors (Lipinski definition) is 2. The summed E-state index contributed by atoms with van der Waals surface area (Å²) < 4.78 is 0. The molecule has 0 saturated carbocycles. The first-order valence-electron chi connectivity index (χ1n) is 6.86. The van der Waals surface area contributed by atoms with E-state index in [1.807, 2.05) is 0 Å². The molecule has 1 aliphatic rings. The van der Waals surface area contributed by atoms with Crippen molar-refractivity contribution in [2.45, 2.75) is 57.8 Å². The molecule has 15 heavy (non-hydrogen) atoms. The van der Waals surface area contributed by atoms with E-state index >= 15 is 0 Å². The van der Waals surface area contributed by atoms with E-state index in [1.165, 1.54) is 77.4 Å². The molecule has 0 aromatic carbocycles. The summed E-state index contributed by atoms with van der Waals surface area (Å²) in [4.78, 5) is 2.66. The van der Waals surface area contributed by atoms with Gasteiger partial charge in [-0.3, -0.25) is 0 Å². The lowest BCUT2D eigenvalue weighted by atomic mass is 10.1. The Morgan fingerprint density at radius 3 is 2.00 bits per heavy atom. The Kier molecular flexibility index (Phi) is 7.94. The number of rotatable bonds is 7. The van der Waals surface area contributed by atoms with Crippen LogP contribution in [0.3, 0.4) is 0 Å². The van der Waals surface area contributed by atoms with E-state index in [0.29, 0.717) is 0 Å². The molecule has 90 valence electrons. The number of nitrogens with zero attached hydrogens (tertiary/aromatic N) is 1. The van der Waals surface area contributed by atoms with Gasteiger partial charge in [-0.1, -0.05) is 32.1 Å². The number of hydrogen-bond donors (Lipinski definition) is 1. The summed E-state index contributed by atoms with van der Waals surface area (Å²) in [6, 6.07) is 0. The molecule has 2 heteroatoms. The Bertz CT molecular complexity index is 128. The van der Waals surface area contributed by atoms with Crippen molar-refractivity contribution in [3.8, 4) is 0 Å². The second kappa shape index (κ2) is 9.17. The maximum Gasteiger partial charge on any atom is -0.00187 e. The molecule has 1 rings (SSSR count). The van der Waals surface area contributed by atoms with Gasteiger partial charge in [0.15, 0.2) is 0 Å². The molecule has 0 atom stereocenters. The van der Waals surface area contributed by atoms with E-state index in [2.05, 4.69) is 4.90 Å². The molecule has 0 radical (unpaired) electrons. The highest BCUT2D eigenvalue weighted by Crippen LogP contribution is 2.11. The van der Waals surface area contributed by atoms with Crippen LogP contribution in [-0.4, -0.2) is 31.1 Å². The van der Waals surface area contributed by atoms with Crippen molar-refractivity contribution in [1.82, 2.24) is 4.90 Å². The van der Waals surface area contributed by atoms with Crippen molar-refractivity contribution >= 4 is 0 Å². The summed E-state index contributed by atoms with van der Waals surface area (Å²) >= 11 is 0. The third kappa shape index (κ3) is 6.91. The van der Waals surface area contributed by atoms with E-state index in [1.54, 1.807) is 0 Å². The Morgan fingerprint density at radius 2 is 1.33 bits per heavy atom. The van der Waals surface area contributed by atoms with Gasteiger partial charge in [0, 0.05) is 0 Å². The largest absolute Gasteiger partial charge is 0.330 e. The molecule has 0 aromatic heterocycles. The van der Waals surface area contributed by atoms with Crippen LogP contribution in [0.15, 0.2) is 0 Å².